The number of carbonyl (C=O) groups is 3. The minimum Gasteiger partial charge on any atom is -0.489 e. The average molecular weight is 479 g/mol. The molecule has 0 aliphatic carbocycles. The fraction of sp³-hybridized carbons (Fsp3) is 0.360. The molecule has 2 aromatic rings. The molecule has 2 aliphatic heterocycles. The summed E-state index contributed by atoms with van der Waals surface area (Å²) in [6.07, 6.45) is 0.296. The second-order valence-electron chi connectivity index (χ2n) is 8.71. The molecule has 4 rings (SSSR count). The van der Waals surface area contributed by atoms with Crippen molar-refractivity contribution >= 4 is 29.2 Å². The predicted octanol–water partition coefficient (Wildman–Crippen LogP) is 1.68. The number of nitrogens with zero attached hydrogens (tertiary/aromatic N) is 3. The van der Waals surface area contributed by atoms with Gasteiger partial charge in [-0.05, 0) is 37.1 Å². The van der Waals surface area contributed by atoms with Crippen LogP contribution in [0.15, 0.2) is 41.4 Å². The number of aliphatic imine (C=N–C) groups is 1. The quantitative estimate of drug-likeness (QED) is 0.403. The minimum absolute atomic E-state index is 0.126. The summed E-state index contributed by atoms with van der Waals surface area (Å²) in [6.45, 7) is 4.29. The minimum atomic E-state index is -0.635. The topological polar surface area (TPSA) is 157 Å². The molecule has 3 amide bonds. The van der Waals surface area contributed by atoms with E-state index in [9.17, 15) is 14.4 Å². The zero-order chi connectivity index (χ0) is 25.3. The summed E-state index contributed by atoms with van der Waals surface area (Å²) in [6, 6.07) is 10.1. The van der Waals surface area contributed by atoms with E-state index in [1.54, 1.807) is 35.2 Å². The summed E-state index contributed by atoms with van der Waals surface area (Å²) in [7, 11) is 0. The van der Waals surface area contributed by atoms with E-state index in [4.69, 9.17) is 21.9 Å². The number of amides is 3. The number of fused-ring (bicyclic) bond motifs is 1. The first-order valence-electron chi connectivity index (χ1n) is 11.5. The van der Waals surface area contributed by atoms with Crippen LogP contribution in [0, 0.1) is 0 Å². The van der Waals surface area contributed by atoms with Crippen LogP contribution in [0.3, 0.4) is 0 Å². The third kappa shape index (κ3) is 4.69. The van der Waals surface area contributed by atoms with Crippen LogP contribution < -0.4 is 21.9 Å². The monoisotopic (exact) mass is 478 g/mol. The van der Waals surface area contributed by atoms with Crippen molar-refractivity contribution in [3.63, 3.8) is 0 Å². The molecule has 0 fully saturated rings. The summed E-state index contributed by atoms with van der Waals surface area (Å²) in [5.74, 6) is 0.135. The van der Waals surface area contributed by atoms with Crippen molar-refractivity contribution in [1.29, 1.82) is 0 Å². The lowest BCUT2D eigenvalue weighted by molar-refractivity contribution is -0.131. The van der Waals surface area contributed by atoms with Gasteiger partial charge in [-0.3, -0.25) is 14.4 Å². The Labute approximate surface area is 203 Å². The highest BCUT2D eigenvalue weighted by Gasteiger charge is 2.39. The molecular weight excluding hydrogens is 448 g/mol. The second kappa shape index (κ2) is 9.75. The van der Waals surface area contributed by atoms with E-state index < -0.39 is 18.1 Å². The van der Waals surface area contributed by atoms with Gasteiger partial charge in [0.25, 0.3) is 11.8 Å². The van der Waals surface area contributed by atoms with Crippen molar-refractivity contribution in [1.82, 2.24) is 9.80 Å². The molecule has 10 nitrogen and oxygen atoms in total. The van der Waals surface area contributed by atoms with Gasteiger partial charge in [0, 0.05) is 42.3 Å². The maximum absolute atomic E-state index is 13.0. The first-order valence-corrected chi connectivity index (χ1v) is 11.5. The SMILES string of the molecule is CCN(C(C)=O)C(N)c1ccc(COc2cccc3c2CN(C2CCC(N)=NC2=O)C3=O)cc1N. The van der Waals surface area contributed by atoms with Crippen LogP contribution in [0.2, 0.25) is 0 Å². The Kier molecular flexibility index (Phi) is 6.74. The maximum atomic E-state index is 13.0. The number of nitrogen functional groups attached to an aromatic ring is 1. The summed E-state index contributed by atoms with van der Waals surface area (Å²) < 4.78 is 6.06. The van der Waals surface area contributed by atoms with Crippen molar-refractivity contribution in [3.05, 3.63) is 58.7 Å². The Morgan fingerprint density at radius 2 is 2.03 bits per heavy atom. The number of amidine groups is 1. The van der Waals surface area contributed by atoms with E-state index in [0.717, 1.165) is 11.1 Å². The van der Waals surface area contributed by atoms with Crippen molar-refractivity contribution in [2.75, 3.05) is 12.3 Å². The first-order chi connectivity index (χ1) is 16.7. The zero-order valence-corrected chi connectivity index (χ0v) is 19.9. The summed E-state index contributed by atoms with van der Waals surface area (Å²) >= 11 is 0. The lowest BCUT2D eigenvalue weighted by atomic mass is 10.1. The summed E-state index contributed by atoms with van der Waals surface area (Å²) in [5.41, 5.74) is 21.4. The summed E-state index contributed by atoms with van der Waals surface area (Å²) in [4.78, 5) is 44.1. The molecular formula is C25H30N6O4. The highest BCUT2D eigenvalue weighted by molar-refractivity contribution is 6.04. The molecule has 2 heterocycles. The largest absolute Gasteiger partial charge is 0.489 e. The molecule has 2 atom stereocenters. The van der Waals surface area contributed by atoms with Gasteiger partial charge < -0.3 is 31.7 Å². The molecule has 0 spiro atoms. The Bertz CT molecular complexity index is 1210. The number of rotatable bonds is 7. The average Bonchev–Trinajstić information content (AvgIpc) is 3.14. The molecule has 2 unspecified atom stereocenters. The van der Waals surface area contributed by atoms with Gasteiger partial charge in [0.15, 0.2) is 0 Å². The predicted molar refractivity (Wildman–Crippen MR) is 131 cm³/mol. The van der Waals surface area contributed by atoms with Crippen LogP contribution in [0.5, 0.6) is 5.75 Å². The number of ether oxygens (including phenoxy) is 1. The number of benzene rings is 2. The van der Waals surface area contributed by atoms with Crippen LogP contribution in [0.4, 0.5) is 5.69 Å². The Morgan fingerprint density at radius 3 is 2.69 bits per heavy atom. The van der Waals surface area contributed by atoms with Gasteiger partial charge >= 0.3 is 0 Å². The second-order valence-corrected chi connectivity index (χ2v) is 8.71. The standard InChI is InChI=1S/C25H30N6O4/c1-3-30(14(2)32)23(28)17-8-7-15(11-19(17)26)13-35-21-6-4-5-16-18(21)12-31(25(16)34)20-9-10-22(27)29-24(20)33/h4-8,11,20,23H,3,9-10,12-13,26,28H2,1-2H3,(H2,27,29,33). The molecule has 0 aromatic heterocycles. The van der Waals surface area contributed by atoms with Gasteiger partial charge in [-0.2, -0.15) is 4.99 Å². The van der Waals surface area contributed by atoms with Gasteiger partial charge in [-0.25, -0.2) is 0 Å². The smallest absolute Gasteiger partial charge is 0.270 e. The van der Waals surface area contributed by atoms with Gasteiger partial charge in [-0.15, -0.1) is 0 Å². The van der Waals surface area contributed by atoms with E-state index in [1.807, 2.05) is 13.0 Å². The number of nitrogens with two attached hydrogens (primary N) is 3. The number of hydrogen-bond donors (Lipinski definition) is 3. The molecule has 2 aromatic carbocycles. The first kappa shape index (κ1) is 24.2. The molecule has 35 heavy (non-hydrogen) atoms. The Morgan fingerprint density at radius 1 is 1.26 bits per heavy atom. The van der Waals surface area contributed by atoms with Gasteiger partial charge in [0.1, 0.15) is 30.4 Å². The van der Waals surface area contributed by atoms with Gasteiger partial charge in [-0.1, -0.05) is 18.2 Å². The van der Waals surface area contributed by atoms with Crippen molar-refractivity contribution < 1.29 is 19.1 Å². The lowest BCUT2D eigenvalue weighted by Crippen LogP contribution is -2.44. The molecule has 10 heteroatoms. The molecule has 184 valence electrons. The highest BCUT2D eigenvalue weighted by Crippen LogP contribution is 2.34. The van der Waals surface area contributed by atoms with Crippen LogP contribution in [-0.2, 0) is 22.7 Å². The fourth-order valence-electron chi connectivity index (χ4n) is 4.61. The number of carbonyl (C=O) groups excluding carboxylic acids is 3. The molecule has 0 radical (unpaired) electrons. The van der Waals surface area contributed by atoms with Crippen molar-refractivity contribution in [3.8, 4) is 5.75 Å². The van der Waals surface area contributed by atoms with Crippen LogP contribution in [-0.4, -0.2) is 45.9 Å². The Hall–Kier alpha value is -3.92. The molecule has 0 saturated heterocycles. The molecule has 2 aliphatic rings. The zero-order valence-electron chi connectivity index (χ0n) is 19.9. The fourth-order valence-corrected chi connectivity index (χ4v) is 4.61. The highest BCUT2D eigenvalue weighted by atomic mass is 16.5. The van der Waals surface area contributed by atoms with Gasteiger partial charge in [0.2, 0.25) is 5.91 Å². The summed E-state index contributed by atoms with van der Waals surface area (Å²) in [5, 5.41) is 0. The third-order valence-corrected chi connectivity index (χ3v) is 6.49. The van der Waals surface area contributed by atoms with E-state index in [-0.39, 0.29) is 25.0 Å². The normalized spacial score (nSPS) is 18.2. The van der Waals surface area contributed by atoms with E-state index in [1.165, 1.54) is 11.8 Å². The van der Waals surface area contributed by atoms with Crippen molar-refractivity contribution in [2.45, 2.75) is 52.0 Å². The van der Waals surface area contributed by atoms with E-state index in [2.05, 4.69) is 4.99 Å². The number of hydrogen-bond acceptors (Lipinski definition) is 7. The lowest BCUT2D eigenvalue weighted by Gasteiger charge is -2.28. The van der Waals surface area contributed by atoms with Gasteiger partial charge in [0.05, 0.1) is 6.54 Å². The van der Waals surface area contributed by atoms with Crippen molar-refractivity contribution in [2.24, 2.45) is 16.5 Å². The molecule has 0 saturated carbocycles. The van der Waals surface area contributed by atoms with E-state index in [0.29, 0.717) is 47.8 Å². The molecule has 0 bridgehead atoms. The van der Waals surface area contributed by atoms with Crippen LogP contribution >= 0.6 is 0 Å². The maximum Gasteiger partial charge on any atom is 0.270 e. The van der Waals surface area contributed by atoms with Crippen LogP contribution in [0.1, 0.15) is 59.9 Å². The Balaban J connectivity index is 1.48. The number of anilines is 1. The third-order valence-electron chi connectivity index (χ3n) is 6.49. The molecule has 6 N–H and O–H groups in total. The van der Waals surface area contributed by atoms with E-state index >= 15 is 0 Å². The van der Waals surface area contributed by atoms with Crippen LogP contribution in [0.25, 0.3) is 0 Å².